The van der Waals surface area contributed by atoms with Gasteiger partial charge >= 0.3 is 5.97 Å². The lowest BCUT2D eigenvalue weighted by Crippen LogP contribution is -2.03. The van der Waals surface area contributed by atoms with Crippen LogP contribution in [0.4, 0.5) is 0 Å². The molecule has 0 saturated carbocycles. The summed E-state index contributed by atoms with van der Waals surface area (Å²) in [7, 11) is 0. The third-order valence-electron chi connectivity index (χ3n) is 2.56. The van der Waals surface area contributed by atoms with Gasteiger partial charge in [-0.2, -0.15) is 0 Å². The van der Waals surface area contributed by atoms with E-state index in [1.165, 1.54) is 6.33 Å². The first kappa shape index (κ1) is 11.3. The highest BCUT2D eigenvalue weighted by Gasteiger charge is 2.10. The number of nitrogens with zero attached hydrogens (tertiary/aromatic N) is 4. The zero-order valence-electron chi connectivity index (χ0n) is 9.32. The van der Waals surface area contributed by atoms with Gasteiger partial charge in [-0.3, -0.25) is 4.79 Å². The average Bonchev–Trinajstić information content (AvgIpc) is 2.82. The van der Waals surface area contributed by atoms with Crippen LogP contribution in [0.25, 0.3) is 5.69 Å². The number of hydrogen-bond acceptors (Lipinski definition) is 4. The molecule has 2 rings (SSSR count). The summed E-state index contributed by atoms with van der Waals surface area (Å²) in [6, 6.07) is 7.52. The fourth-order valence-electron chi connectivity index (χ4n) is 1.61. The van der Waals surface area contributed by atoms with E-state index in [0.29, 0.717) is 0 Å². The number of aliphatic carboxylic acids is 1. The molecular formula is C11H12N4O2. The maximum Gasteiger partial charge on any atom is 0.303 e. The van der Waals surface area contributed by atoms with Crippen molar-refractivity contribution in [3.63, 3.8) is 0 Å². The smallest absolute Gasteiger partial charge is 0.303 e. The number of hydrogen-bond donors (Lipinski definition) is 1. The van der Waals surface area contributed by atoms with E-state index < -0.39 is 5.97 Å². The third kappa shape index (κ3) is 2.66. The number of benzene rings is 1. The average molecular weight is 232 g/mol. The number of carboxylic acid groups (broad SMARTS) is 1. The van der Waals surface area contributed by atoms with Crippen LogP contribution in [-0.4, -0.2) is 31.3 Å². The van der Waals surface area contributed by atoms with Crippen LogP contribution in [0.3, 0.4) is 0 Å². The van der Waals surface area contributed by atoms with Gasteiger partial charge in [0.15, 0.2) is 0 Å². The highest BCUT2D eigenvalue weighted by atomic mass is 16.4. The van der Waals surface area contributed by atoms with E-state index in [0.717, 1.165) is 11.3 Å². The molecule has 6 heteroatoms. The van der Waals surface area contributed by atoms with E-state index >= 15 is 0 Å². The van der Waals surface area contributed by atoms with Crippen LogP contribution in [0.5, 0.6) is 0 Å². The Hall–Kier alpha value is -2.24. The molecule has 0 saturated heterocycles. The van der Waals surface area contributed by atoms with Crippen LogP contribution < -0.4 is 0 Å². The van der Waals surface area contributed by atoms with Crippen molar-refractivity contribution in [1.82, 2.24) is 20.2 Å². The topological polar surface area (TPSA) is 80.9 Å². The van der Waals surface area contributed by atoms with Gasteiger partial charge in [0.2, 0.25) is 0 Å². The normalized spacial score (nSPS) is 12.3. The number of carboxylic acids is 1. The predicted octanol–water partition coefficient (Wildman–Crippen LogP) is 1.24. The third-order valence-corrected chi connectivity index (χ3v) is 2.56. The minimum atomic E-state index is -0.790. The monoisotopic (exact) mass is 232 g/mol. The van der Waals surface area contributed by atoms with Gasteiger partial charge in [0.1, 0.15) is 6.33 Å². The molecule has 1 atom stereocenters. The number of rotatable bonds is 4. The van der Waals surface area contributed by atoms with Crippen molar-refractivity contribution in [2.24, 2.45) is 0 Å². The van der Waals surface area contributed by atoms with Crippen molar-refractivity contribution in [2.45, 2.75) is 19.3 Å². The van der Waals surface area contributed by atoms with Crippen LogP contribution in [0, 0.1) is 0 Å². The highest BCUT2D eigenvalue weighted by Crippen LogP contribution is 2.20. The minimum absolute atomic E-state index is 0.00424. The van der Waals surface area contributed by atoms with E-state index in [1.54, 1.807) is 4.68 Å². The van der Waals surface area contributed by atoms with Gasteiger partial charge in [-0.25, -0.2) is 4.68 Å². The molecule has 0 aliphatic carbocycles. The summed E-state index contributed by atoms with van der Waals surface area (Å²) >= 11 is 0. The first-order chi connectivity index (χ1) is 8.16. The molecule has 0 amide bonds. The second kappa shape index (κ2) is 4.73. The van der Waals surface area contributed by atoms with Gasteiger partial charge in [-0.15, -0.1) is 5.10 Å². The molecule has 17 heavy (non-hydrogen) atoms. The van der Waals surface area contributed by atoms with Crippen LogP contribution in [0.15, 0.2) is 30.6 Å². The van der Waals surface area contributed by atoms with Crippen LogP contribution in [0.2, 0.25) is 0 Å². The molecule has 1 aromatic carbocycles. The lowest BCUT2D eigenvalue weighted by Gasteiger charge is -2.09. The molecule has 0 bridgehead atoms. The molecule has 1 unspecified atom stereocenters. The summed E-state index contributed by atoms with van der Waals surface area (Å²) in [6.45, 7) is 1.89. The Morgan fingerprint density at radius 1 is 1.41 bits per heavy atom. The van der Waals surface area contributed by atoms with Gasteiger partial charge in [-0.05, 0) is 34.0 Å². The van der Waals surface area contributed by atoms with E-state index in [1.807, 2.05) is 31.2 Å². The highest BCUT2D eigenvalue weighted by molar-refractivity contribution is 5.68. The van der Waals surface area contributed by atoms with Crippen molar-refractivity contribution in [1.29, 1.82) is 0 Å². The molecule has 0 aliphatic rings. The quantitative estimate of drug-likeness (QED) is 0.857. The summed E-state index contributed by atoms with van der Waals surface area (Å²) in [4.78, 5) is 10.6. The Morgan fingerprint density at radius 3 is 2.65 bits per heavy atom. The van der Waals surface area contributed by atoms with E-state index in [9.17, 15) is 4.79 Å². The first-order valence-corrected chi connectivity index (χ1v) is 5.22. The lowest BCUT2D eigenvalue weighted by molar-refractivity contribution is -0.137. The summed E-state index contributed by atoms with van der Waals surface area (Å²) < 4.78 is 1.55. The summed E-state index contributed by atoms with van der Waals surface area (Å²) in [5, 5.41) is 19.6. The lowest BCUT2D eigenvalue weighted by atomic mass is 9.98. The Morgan fingerprint density at radius 2 is 2.12 bits per heavy atom. The molecule has 1 aromatic heterocycles. The van der Waals surface area contributed by atoms with Crippen LogP contribution in [-0.2, 0) is 4.79 Å². The second-order valence-electron chi connectivity index (χ2n) is 3.84. The molecule has 1 heterocycles. The molecular weight excluding hydrogens is 220 g/mol. The van der Waals surface area contributed by atoms with Crippen LogP contribution in [0.1, 0.15) is 24.8 Å². The SMILES string of the molecule is CC(CC(=O)O)c1ccc(-n2cnnn2)cc1. The molecule has 0 radical (unpaired) electrons. The fraction of sp³-hybridized carbons (Fsp3) is 0.273. The number of aromatic nitrogens is 4. The zero-order chi connectivity index (χ0) is 12.3. The molecule has 0 aliphatic heterocycles. The van der Waals surface area contributed by atoms with Gasteiger partial charge < -0.3 is 5.11 Å². The molecule has 2 aromatic rings. The Bertz CT molecular complexity index is 493. The number of carbonyl (C=O) groups is 1. The standard InChI is InChI=1S/C11H12N4O2/c1-8(6-11(16)17)9-2-4-10(5-3-9)15-7-12-13-14-15/h2-5,7-8H,6H2,1H3,(H,16,17). The minimum Gasteiger partial charge on any atom is -0.481 e. The molecule has 0 spiro atoms. The summed E-state index contributed by atoms with van der Waals surface area (Å²) in [5.41, 5.74) is 1.84. The van der Waals surface area contributed by atoms with Crippen molar-refractivity contribution in [2.75, 3.05) is 0 Å². The van der Waals surface area contributed by atoms with Crippen LogP contribution >= 0.6 is 0 Å². The maximum absolute atomic E-state index is 10.6. The van der Waals surface area contributed by atoms with Gasteiger partial charge in [0, 0.05) is 0 Å². The Balaban J connectivity index is 2.15. The van der Waals surface area contributed by atoms with E-state index in [2.05, 4.69) is 15.5 Å². The van der Waals surface area contributed by atoms with Crippen molar-refractivity contribution in [3.8, 4) is 5.69 Å². The van der Waals surface area contributed by atoms with E-state index in [4.69, 9.17) is 5.11 Å². The molecule has 0 fully saturated rings. The molecule has 88 valence electrons. The van der Waals surface area contributed by atoms with Crippen molar-refractivity contribution in [3.05, 3.63) is 36.2 Å². The molecule has 6 nitrogen and oxygen atoms in total. The Labute approximate surface area is 97.9 Å². The summed E-state index contributed by atoms with van der Waals surface area (Å²) in [6.07, 6.45) is 1.64. The zero-order valence-corrected chi connectivity index (χ0v) is 9.32. The molecule has 1 N–H and O–H groups in total. The van der Waals surface area contributed by atoms with Gasteiger partial charge in [-0.1, -0.05) is 19.1 Å². The van der Waals surface area contributed by atoms with Crippen molar-refractivity contribution < 1.29 is 9.90 Å². The maximum atomic E-state index is 10.6. The second-order valence-corrected chi connectivity index (χ2v) is 3.84. The van der Waals surface area contributed by atoms with Crippen molar-refractivity contribution >= 4 is 5.97 Å². The Kier molecular flexibility index (Phi) is 3.13. The first-order valence-electron chi connectivity index (χ1n) is 5.22. The predicted molar refractivity (Wildman–Crippen MR) is 59.8 cm³/mol. The number of tetrazole rings is 1. The van der Waals surface area contributed by atoms with Gasteiger partial charge in [0.05, 0.1) is 12.1 Å². The van der Waals surface area contributed by atoms with Gasteiger partial charge in [0.25, 0.3) is 0 Å². The van der Waals surface area contributed by atoms with E-state index in [-0.39, 0.29) is 12.3 Å². The fourth-order valence-corrected chi connectivity index (χ4v) is 1.61. The largest absolute Gasteiger partial charge is 0.481 e. The summed E-state index contributed by atoms with van der Waals surface area (Å²) in [5.74, 6) is -0.794.